The number of benzene rings is 1. The normalized spacial score (nSPS) is 22.8. The van der Waals surface area contributed by atoms with Gasteiger partial charge >= 0.3 is 0 Å². The van der Waals surface area contributed by atoms with Gasteiger partial charge in [0.1, 0.15) is 11.1 Å². The second kappa shape index (κ2) is 3.77. The molecule has 0 bridgehead atoms. The van der Waals surface area contributed by atoms with Crippen molar-refractivity contribution in [3.8, 4) is 5.75 Å². The number of rotatable bonds is 1. The smallest absolute Gasteiger partial charge is 0.181 e. The predicted molar refractivity (Wildman–Crippen MR) is 64.5 cm³/mol. The molecule has 0 spiro atoms. The molecular weight excluding hydrogens is 224 g/mol. The number of Topliss-reactive ketones (excluding diaryl/α,β-unsaturated/α-hetero) is 1. The quantitative estimate of drug-likeness (QED) is 0.703. The fraction of sp³-hybridized carbons (Fsp3) is 0.462. The first kappa shape index (κ1) is 11.5. The van der Waals surface area contributed by atoms with Crippen LogP contribution in [-0.4, -0.2) is 18.3 Å². The van der Waals surface area contributed by atoms with Crippen molar-refractivity contribution in [3.05, 3.63) is 29.3 Å². The van der Waals surface area contributed by atoms with Crippen LogP contribution in [0.25, 0.3) is 0 Å². The Morgan fingerprint density at radius 2 is 2.12 bits per heavy atom. The molecule has 2 rings (SSSR count). The van der Waals surface area contributed by atoms with Crippen LogP contribution in [-0.2, 0) is 6.42 Å². The third-order valence-electron chi connectivity index (χ3n) is 3.14. The summed E-state index contributed by atoms with van der Waals surface area (Å²) in [6.45, 7) is 4.05. The van der Waals surface area contributed by atoms with E-state index in [4.69, 9.17) is 16.3 Å². The molecule has 16 heavy (non-hydrogen) atoms. The van der Waals surface area contributed by atoms with E-state index in [0.29, 0.717) is 11.3 Å². The Morgan fingerprint density at radius 3 is 2.75 bits per heavy atom. The minimum atomic E-state index is -0.452. The largest absolute Gasteiger partial charge is 0.497 e. The van der Waals surface area contributed by atoms with Crippen molar-refractivity contribution in [3.63, 3.8) is 0 Å². The number of carbonyl (C=O) groups is 1. The van der Waals surface area contributed by atoms with Crippen LogP contribution in [0.2, 0.25) is 0 Å². The second-order valence-corrected chi connectivity index (χ2v) is 5.35. The Hall–Kier alpha value is -1.02. The van der Waals surface area contributed by atoms with Gasteiger partial charge < -0.3 is 4.74 Å². The predicted octanol–water partition coefficient (Wildman–Crippen LogP) is 3.07. The highest BCUT2D eigenvalue weighted by Gasteiger charge is 2.39. The van der Waals surface area contributed by atoms with E-state index in [1.807, 2.05) is 26.0 Å². The van der Waals surface area contributed by atoms with Crippen LogP contribution in [0.3, 0.4) is 0 Å². The summed E-state index contributed by atoms with van der Waals surface area (Å²) in [7, 11) is 1.59. The Kier molecular flexibility index (Phi) is 2.70. The molecule has 0 heterocycles. The zero-order valence-electron chi connectivity index (χ0n) is 9.71. The standard InChI is InChI=1S/C13H15ClO2/c1-13(2)7-8-4-5-9(16-3)6-10(8)11(15)12(13)14/h4-6,12H,7H2,1-3H3/t12-/m0/s1. The van der Waals surface area contributed by atoms with Gasteiger partial charge in [0.2, 0.25) is 0 Å². The average Bonchev–Trinajstić information content (AvgIpc) is 2.25. The molecule has 1 aromatic carbocycles. The molecule has 1 atom stereocenters. The molecule has 2 nitrogen and oxygen atoms in total. The van der Waals surface area contributed by atoms with Crippen LogP contribution < -0.4 is 4.74 Å². The van der Waals surface area contributed by atoms with E-state index in [9.17, 15) is 4.79 Å². The molecule has 0 aromatic heterocycles. The Bertz CT molecular complexity index is 438. The third kappa shape index (κ3) is 1.71. The summed E-state index contributed by atoms with van der Waals surface area (Å²) in [5, 5.41) is -0.452. The van der Waals surface area contributed by atoms with Crippen LogP contribution in [0.5, 0.6) is 5.75 Å². The Balaban J connectivity index is 2.51. The molecule has 0 amide bonds. The van der Waals surface area contributed by atoms with Gasteiger partial charge in [-0.05, 0) is 29.5 Å². The number of carbonyl (C=O) groups excluding carboxylic acids is 1. The lowest BCUT2D eigenvalue weighted by atomic mass is 9.73. The van der Waals surface area contributed by atoms with Gasteiger partial charge in [0.05, 0.1) is 7.11 Å². The van der Waals surface area contributed by atoms with Crippen molar-refractivity contribution in [2.24, 2.45) is 5.41 Å². The molecule has 3 heteroatoms. The molecule has 1 aromatic rings. The van der Waals surface area contributed by atoms with Gasteiger partial charge in [0.25, 0.3) is 0 Å². The van der Waals surface area contributed by atoms with Gasteiger partial charge in [-0.15, -0.1) is 11.6 Å². The summed E-state index contributed by atoms with van der Waals surface area (Å²) in [5.74, 6) is 0.711. The molecule has 86 valence electrons. The number of alkyl halides is 1. The first-order valence-corrected chi connectivity index (χ1v) is 5.74. The number of ether oxygens (including phenoxy) is 1. The lowest BCUT2D eigenvalue weighted by molar-refractivity contribution is 0.0920. The second-order valence-electron chi connectivity index (χ2n) is 4.92. The number of fused-ring (bicyclic) bond motifs is 1. The van der Waals surface area contributed by atoms with Crippen molar-refractivity contribution in [2.45, 2.75) is 25.6 Å². The zero-order valence-corrected chi connectivity index (χ0v) is 10.5. The first-order valence-electron chi connectivity index (χ1n) is 5.31. The van der Waals surface area contributed by atoms with Crippen LogP contribution in [0.4, 0.5) is 0 Å². The van der Waals surface area contributed by atoms with E-state index in [2.05, 4.69) is 0 Å². The lowest BCUT2D eigenvalue weighted by Gasteiger charge is -2.34. The summed E-state index contributed by atoms with van der Waals surface area (Å²) in [6, 6.07) is 5.62. The number of hydrogen-bond acceptors (Lipinski definition) is 2. The molecule has 0 saturated heterocycles. The zero-order chi connectivity index (χ0) is 11.9. The van der Waals surface area contributed by atoms with Crippen molar-refractivity contribution in [2.75, 3.05) is 7.11 Å². The summed E-state index contributed by atoms with van der Waals surface area (Å²) in [6.07, 6.45) is 0.826. The highest BCUT2D eigenvalue weighted by Crippen LogP contribution is 2.39. The van der Waals surface area contributed by atoms with E-state index in [1.54, 1.807) is 13.2 Å². The van der Waals surface area contributed by atoms with E-state index in [0.717, 1.165) is 12.0 Å². The minimum Gasteiger partial charge on any atom is -0.497 e. The van der Waals surface area contributed by atoms with E-state index >= 15 is 0 Å². The van der Waals surface area contributed by atoms with Crippen molar-refractivity contribution >= 4 is 17.4 Å². The van der Waals surface area contributed by atoms with Crippen LogP contribution in [0.15, 0.2) is 18.2 Å². The lowest BCUT2D eigenvalue weighted by Crippen LogP contribution is -2.39. The maximum absolute atomic E-state index is 12.1. The van der Waals surface area contributed by atoms with Gasteiger partial charge in [-0.3, -0.25) is 4.79 Å². The summed E-state index contributed by atoms with van der Waals surface area (Å²) >= 11 is 6.19. The van der Waals surface area contributed by atoms with Crippen LogP contribution in [0, 0.1) is 5.41 Å². The van der Waals surface area contributed by atoms with Gasteiger partial charge in [0.15, 0.2) is 5.78 Å². The Labute approximate surface area is 101 Å². The van der Waals surface area contributed by atoms with E-state index in [1.165, 1.54) is 0 Å². The molecular formula is C13H15ClO2. The number of methoxy groups -OCH3 is 1. The summed E-state index contributed by atoms with van der Waals surface area (Å²) in [4.78, 5) is 12.1. The molecule has 0 unspecified atom stereocenters. The maximum Gasteiger partial charge on any atom is 0.181 e. The molecule has 0 saturated carbocycles. The van der Waals surface area contributed by atoms with Gasteiger partial charge in [0, 0.05) is 5.56 Å². The van der Waals surface area contributed by atoms with Crippen LogP contribution in [0.1, 0.15) is 29.8 Å². The van der Waals surface area contributed by atoms with Gasteiger partial charge in [-0.25, -0.2) is 0 Å². The van der Waals surface area contributed by atoms with E-state index < -0.39 is 5.38 Å². The van der Waals surface area contributed by atoms with Gasteiger partial charge in [-0.2, -0.15) is 0 Å². The molecule has 1 aliphatic rings. The Morgan fingerprint density at radius 1 is 1.44 bits per heavy atom. The number of halogens is 1. The first-order chi connectivity index (χ1) is 7.45. The monoisotopic (exact) mass is 238 g/mol. The SMILES string of the molecule is COc1ccc2c(c1)C(=O)[C@H](Cl)C(C)(C)C2. The molecule has 0 radical (unpaired) electrons. The summed E-state index contributed by atoms with van der Waals surface area (Å²) < 4.78 is 5.12. The van der Waals surface area contributed by atoms with Crippen molar-refractivity contribution < 1.29 is 9.53 Å². The van der Waals surface area contributed by atoms with Gasteiger partial charge in [-0.1, -0.05) is 19.9 Å². The van der Waals surface area contributed by atoms with Crippen molar-refractivity contribution in [1.29, 1.82) is 0 Å². The topological polar surface area (TPSA) is 26.3 Å². The van der Waals surface area contributed by atoms with Crippen molar-refractivity contribution in [1.82, 2.24) is 0 Å². The fourth-order valence-corrected chi connectivity index (χ4v) is 2.33. The molecule has 1 aliphatic carbocycles. The highest BCUT2D eigenvalue weighted by molar-refractivity contribution is 6.35. The highest BCUT2D eigenvalue weighted by atomic mass is 35.5. The minimum absolute atomic E-state index is 0.00631. The molecule has 0 fully saturated rings. The number of ketones is 1. The molecule has 0 N–H and O–H groups in total. The maximum atomic E-state index is 12.1. The number of hydrogen-bond donors (Lipinski definition) is 0. The van der Waals surface area contributed by atoms with Crippen LogP contribution >= 0.6 is 11.6 Å². The fourth-order valence-electron chi connectivity index (χ4n) is 2.14. The van der Waals surface area contributed by atoms with E-state index in [-0.39, 0.29) is 11.2 Å². The molecule has 0 aliphatic heterocycles. The summed E-state index contributed by atoms with van der Waals surface area (Å²) in [5.41, 5.74) is 1.59. The average molecular weight is 239 g/mol. The third-order valence-corrected chi connectivity index (χ3v) is 3.93.